The number of aryl methyl sites for hydroxylation is 1. The first-order valence-electron chi connectivity index (χ1n) is 6.11. The van der Waals surface area contributed by atoms with Crippen LogP contribution in [0.25, 0.3) is 0 Å². The fraction of sp³-hybridized carbons (Fsp3) is 0.818. The summed E-state index contributed by atoms with van der Waals surface area (Å²) in [5, 5.41) is 11.6. The smallest absolute Gasteiger partial charge is 0.159 e. The number of hydrogen-bond acceptors (Lipinski definition) is 4. The zero-order valence-corrected chi connectivity index (χ0v) is 9.91. The highest BCUT2D eigenvalue weighted by Crippen LogP contribution is 2.14. The standard InChI is InChI=1S/C11H20N4O/c1-2-12-6-8-16-9-11-14-13-10-5-3-4-7-15(10)11/h12H,2-9H2,1H3. The normalized spacial score (nSPS) is 15.1. The molecule has 0 spiro atoms. The Kier molecular flexibility index (Phi) is 4.30. The lowest BCUT2D eigenvalue weighted by atomic mass is 10.2. The van der Waals surface area contributed by atoms with Crippen LogP contribution in [-0.2, 0) is 24.3 Å². The molecule has 0 bridgehead atoms. The molecule has 0 atom stereocenters. The number of hydrogen-bond donors (Lipinski definition) is 1. The van der Waals surface area contributed by atoms with Crippen molar-refractivity contribution in [3.8, 4) is 0 Å². The van der Waals surface area contributed by atoms with Crippen LogP contribution in [0.15, 0.2) is 0 Å². The third-order valence-electron chi connectivity index (χ3n) is 2.84. The number of fused-ring (bicyclic) bond motifs is 1. The molecule has 2 heterocycles. The summed E-state index contributed by atoms with van der Waals surface area (Å²) in [6.07, 6.45) is 3.53. The largest absolute Gasteiger partial charge is 0.372 e. The van der Waals surface area contributed by atoms with E-state index >= 15 is 0 Å². The summed E-state index contributed by atoms with van der Waals surface area (Å²) in [6.45, 7) is 6.35. The van der Waals surface area contributed by atoms with Gasteiger partial charge in [0.1, 0.15) is 12.4 Å². The van der Waals surface area contributed by atoms with E-state index in [0.717, 1.165) is 44.3 Å². The van der Waals surface area contributed by atoms with Crippen molar-refractivity contribution in [3.05, 3.63) is 11.6 Å². The van der Waals surface area contributed by atoms with Gasteiger partial charge in [-0.05, 0) is 19.4 Å². The second-order valence-electron chi connectivity index (χ2n) is 4.05. The van der Waals surface area contributed by atoms with E-state index in [9.17, 15) is 0 Å². The lowest BCUT2D eigenvalue weighted by Gasteiger charge is -2.14. The number of aromatic nitrogens is 3. The molecule has 5 heteroatoms. The van der Waals surface area contributed by atoms with Crippen LogP contribution in [0, 0.1) is 0 Å². The number of nitrogens with zero attached hydrogens (tertiary/aromatic N) is 3. The maximum Gasteiger partial charge on any atom is 0.159 e. The van der Waals surface area contributed by atoms with Crippen molar-refractivity contribution >= 4 is 0 Å². The zero-order valence-electron chi connectivity index (χ0n) is 9.91. The molecule has 0 aliphatic carbocycles. The van der Waals surface area contributed by atoms with Crippen molar-refractivity contribution in [1.29, 1.82) is 0 Å². The van der Waals surface area contributed by atoms with Crippen LogP contribution < -0.4 is 5.32 Å². The Morgan fingerprint density at radius 1 is 1.38 bits per heavy atom. The SMILES string of the molecule is CCNCCOCc1nnc2n1CCCC2. The molecule has 0 fully saturated rings. The van der Waals surface area contributed by atoms with Gasteiger partial charge < -0.3 is 14.6 Å². The van der Waals surface area contributed by atoms with Crippen molar-refractivity contribution < 1.29 is 4.74 Å². The first-order chi connectivity index (χ1) is 7.92. The average Bonchev–Trinajstić information content (AvgIpc) is 2.73. The molecule has 0 aromatic carbocycles. The Morgan fingerprint density at radius 3 is 3.19 bits per heavy atom. The maximum atomic E-state index is 5.56. The quantitative estimate of drug-likeness (QED) is 0.724. The highest BCUT2D eigenvalue weighted by molar-refractivity contribution is 4.97. The van der Waals surface area contributed by atoms with Gasteiger partial charge in [-0.25, -0.2) is 0 Å². The summed E-state index contributed by atoms with van der Waals surface area (Å²) in [6, 6.07) is 0. The summed E-state index contributed by atoms with van der Waals surface area (Å²) in [4.78, 5) is 0. The van der Waals surface area contributed by atoms with Gasteiger partial charge in [-0.15, -0.1) is 10.2 Å². The van der Waals surface area contributed by atoms with E-state index in [1.165, 1.54) is 12.8 Å². The lowest BCUT2D eigenvalue weighted by molar-refractivity contribution is 0.114. The minimum Gasteiger partial charge on any atom is -0.372 e. The van der Waals surface area contributed by atoms with Gasteiger partial charge in [0, 0.05) is 19.5 Å². The second-order valence-corrected chi connectivity index (χ2v) is 4.05. The van der Waals surface area contributed by atoms with E-state index in [-0.39, 0.29) is 0 Å². The van der Waals surface area contributed by atoms with Crippen LogP contribution in [0.5, 0.6) is 0 Å². The van der Waals surface area contributed by atoms with Crippen LogP contribution >= 0.6 is 0 Å². The van der Waals surface area contributed by atoms with Gasteiger partial charge in [0.2, 0.25) is 0 Å². The van der Waals surface area contributed by atoms with Gasteiger partial charge in [0.05, 0.1) is 6.61 Å². The van der Waals surface area contributed by atoms with Crippen molar-refractivity contribution in [3.63, 3.8) is 0 Å². The van der Waals surface area contributed by atoms with Crippen molar-refractivity contribution in [2.75, 3.05) is 19.7 Å². The number of likely N-dealkylation sites (N-methyl/N-ethyl adjacent to an activating group) is 1. The maximum absolute atomic E-state index is 5.56. The van der Waals surface area contributed by atoms with Crippen molar-refractivity contribution in [1.82, 2.24) is 20.1 Å². The second kappa shape index (κ2) is 5.96. The van der Waals surface area contributed by atoms with E-state index in [2.05, 4.69) is 27.0 Å². The van der Waals surface area contributed by atoms with Gasteiger partial charge >= 0.3 is 0 Å². The van der Waals surface area contributed by atoms with Gasteiger partial charge in [-0.2, -0.15) is 0 Å². The predicted molar refractivity (Wildman–Crippen MR) is 61.2 cm³/mol. The molecule has 1 aliphatic heterocycles. The molecule has 2 rings (SSSR count). The van der Waals surface area contributed by atoms with E-state index in [1.807, 2.05) is 0 Å². The Bertz CT molecular complexity index is 324. The third-order valence-corrected chi connectivity index (χ3v) is 2.84. The molecular weight excluding hydrogens is 204 g/mol. The fourth-order valence-electron chi connectivity index (χ4n) is 1.96. The number of ether oxygens (including phenoxy) is 1. The van der Waals surface area contributed by atoms with Crippen LogP contribution in [0.3, 0.4) is 0 Å². The Balaban J connectivity index is 1.78. The average molecular weight is 224 g/mol. The number of rotatable bonds is 6. The first-order valence-corrected chi connectivity index (χ1v) is 6.11. The molecular formula is C11H20N4O. The molecule has 1 aromatic heterocycles. The molecule has 16 heavy (non-hydrogen) atoms. The van der Waals surface area contributed by atoms with Gasteiger partial charge in [-0.1, -0.05) is 6.92 Å². The molecule has 1 N–H and O–H groups in total. The Morgan fingerprint density at radius 2 is 2.31 bits per heavy atom. The highest BCUT2D eigenvalue weighted by atomic mass is 16.5. The summed E-state index contributed by atoms with van der Waals surface area (Å²) in [7, 11) is 0. The third kappa shape index (κ3) is 2.80. The van der Waals surface area contributed by atoms with Crippen molar-refractivity contribution in [2.24, 2.45) is 0 Å². The summed E-state index contributed by atoms with van der Waals surface area (Å²) >= 11 is 0. The Hall–Kier alpha value is -0.940. The van der Waals surface area contributed by atoms with E-state index in [4.69, 9.17) is 4.74 Å². The van der Waals surface area contributed by atoms with Crippen molar-refractivity contribution in [2.45, 2.75) is 39.3 Å². The topological polar surface area (TPSA) is 52.0 Å². The number of nitrogens with one attached hydrogen (secondary N) is 1. The van der Waals surface area contributed by atoms with Gasteiger partial charge in [-0.3, -0.25) is 0 Å². The van der Waals surface area contributed by atoms with E-state index < -0.39 is 0 Å². The molecule has 90 valence electrons. The Labute approximate surface area is 96.2 Å². The molecule has 1 aromatic rings. The summed E-state index contributed by atoms with van der Waals surface area (Å²) in [5.41, 5.74) is 0. The fourth-order valence-corrected chi connectivity index (χ4v) is 1.96. The molecule has 0 unspecified atom stereocenters. The highest BCUT2D eigenvalue weighted by Gasteiger charge is 2.15. The van der Waals surface area contributed by atoms with Gasteiger partial charge in [0.15, 0.2) is 5.82 Å². The van der Waals surface area contributed by atoms with Crippen LogP contribution in [0.2, 0.25) is 0 Å². The summed E-state index contributed by atoms with van der Waals surface area (Å²) < 4.78 is 7.77. The molecule has 0 saturated heterocycles. The molecule has 0 saturated carbocycles. The van der Waals surface area contributed by atoms with Crippen LogP contribution in [-0.4, -0.2) is 34.5 Å². The van der Waals surface area contributed by atoms with E-state index in [0.29, 0.717) is 6.61 Å². The molecule has 5 nitrogen and oxygen atoms in total. The zero-order chi connectivity index (χ0) is 11.2. The lowest BCUT2D eigenvalue weighted by Crippen LogP contribution is -2.19. The first kappa shape index (κ1) is 11.5. The molecule has 1 aliphatic rings. The summed E-state index contributed by atoms with van der Waals surface area (Å²) in [5.74, 6) is 2.10. The van der Waals surface area contributed by atoms with Crippen LogP contribution in [0.1, 0.15) is 31.4 Å². The monoisotopic (exact) mass is 224 g/mol. The van der Waals surface area contributed by atoms with E-state index in [1.54, 1.807) is 0 Å². The minimum atomic E-state index is 0.582. The minimum absolute atomic E-state index is 0.582. The molecule has 0 radical (unpaired) electrons. The van der Waals surface area contributed by atoms with Crippen LogP contribution in [0.4, 0.5) is 0 Å². The van der Waals surface area contributed by atoms with Gasteiger partial charge in [0.25, 0.3) is 0 Å². The molecule has 0 amide bonds. The predicted octanol–water partition coefficient (Wildman–Crippen LogP) is 0.740.